The number of halogens is 2. The maximum absolute atomic E-state index is 14.0. The zero-order valence-electron chi connectivity index (χ0n) is 18.2. The van der Waals surface area contributed by atoms with Gasteiger partial charge in [-0.2, -0.15) is 5.10 Å². The predicted octanol–water partition coefficient (Wildman–Crippen LogP) is 3.88. The van der Waals surface area contributed by atoms with Gasteiger partial charge in [0.2, 0.25) is 0 Å². The Bertz CT molecular complexity index is 822. The molecule has 162 valence electrons. The average Bonchev–Trinajstić information content (AvgIpc) is 2.88. The van der Waals surface area contributed by atoms with Crippen molar-refractivity contribution < 1.29 is 9.13 Å². The molecule has 8 heteroatoms. The molecule has 0 radical (unpaired) electrons. The van der Waals surface area contributed by atoms with Gasteiger partial charge in [-0.05, 0) is 64.3 Å². The molecular weight excluding hydrogens is 484 g/mol. The summed E-state index contributed by atoms with van der Waals surface area (Å²) in [5.74, 6) is 0.628. The molecule has 29 heavy (non-hydrogen) atoms. The second-order valence-electron chi connectivity index (χ2n) is 6.92. The van der Waals surface area contributed by atoms with Gasteiger partial charge in [0.1, 0.15) is 0 Å². The van der Waals surface area contributed by atoms with E-state index in [1.165, 1.54) is 17.3 Å². The van der Waals surface area contributed by atoms with E-state index in [9.17, 15) is 4.39 Å². The van der Waals surface area contributed by atoms with E-state index in [4.69, 9.17) is 4.74 Å². The third-order valence-electron chi connectivity index (χ3n) is 4.61. The van der Waals surface area contributed by atoms with Crippen LogP contribution in [0.5, 0.6) is 5.75 Å². The number of benzene rings is 1. The van der Waals surface area contributed by atoms with Crippen molar-refractivity contribution in [2.45, 2.75) is 53.6 Å². The Hall–Kier alpha value is -1.84. The lowest BCUT2D eigenvalue weighted by molar-refractivity contribution is 0.321. The van der Waals surface area contributed by atoms with Crippen molar-refractivity contribution in [3.63, 3.8) is 0 Å². The lowest BCUT2D eigenvalue weighted by Gasteiger charge is -2.18. The quantitative estimate of drug-likeness (QED) is 0.317. The molecule has 0 amide bonds. The van der Waals surface area contributed by atoms with Gasteiger partial charge in [0.25, 0.3) is 0 Å². The molecule has 0 aliphatic heterocycles. The van der Waals surface area contributed by atoms with Crippen LogP contribution in [0.2, 0.25) is 0 Å². The number of hydrogen-bond donors (Lipinski definition) is 2. The topological polar surface area (TPSA) is 63.5 Å². The highest BCUT2D eigenvalue weighted by Crippen LogP contribution is 2.19. The fourth-order valence-electron chi connectivity index (χ4n) is 3.11. The fraction of sp³-hybridized carbons (Fsp3) is 0.524. The van der Waals surface area contributed by atoms with Gasteiger partial charge in [-0.3, -0.25) is 4.68 Å². The molecule has 0 saturated heterocycles. The first-order valence-electron chi connectivity index (χ1n) is 9.80. The summed E-state index contributed by atoms with van der Waals surface area (Å²) in [6, 6.07) is 5.15. The number of aryl methyl sites for hydroxylation is 2. The van der Waals surface area contributed by atoms with Crippen molar-refractivity contribution in [3.8, 4) is 5.75 Å². The first-order valence-corrected chi connectivity index (χ1v) is 9.80. The summed E-state index contributed by atoms with van der Waals surface area (Å²) < 4.78 is 21.2. The maximum atomic E-state index is 14.0. The zero-order chi connectivity index (χ0) is 20.7. The standard InChI is InChI=1S/C21H32FN5O.HI/c1-7-23-21(24-13-17-9-10-20(28-8-2)19(22)12-17)25-14(3)11-18-15(4)26-27(6)16(18)5;/h9-10,12,14H,7-8,11,13H2,1-6H3,(H2,23,24,25);1H. The number of hydrogen-bond acceptors (Lipinski definition) is 3. The molecule has 2 aromatic rings. The minimum absolute atomic E-state index is 0. The van der Waals surface area contributed by atoms with Gasteiger partial charge in [0.05, 0.1) is 18.8 Å². The normalized spacial score (nSPS) is 12.3. The Morgan fingerprint density at radius 1 is 1.31 bits per heavy atom. The molecule has 1 unspecified atom stereocenters. The summed E-state index contributed by atoms with van der Waals surface area (Å²) >= 11 is 0. The van der Waals surface area contributed by atoms with E-state index < -0.39 is 0 Å². The molecule has 2 N–H and O–H groups in total. The van der Waals surface area contributed by atoms with Crippen molar-refractivity contribution in [2.75, 3.05) is 13.2 Å². The summed E-state index contributed by atoms with van der Waals surface area (Å²) in [6.45, 7) is 11.7. The summed E-state index contributed by atoms with van der Waals surface area (Å²) in [4.78, 5) is 4.60. The number of nitrogens with one attached hydrogen (secondary N) is 2. The number of rotatable bonds is 8. The van der Waals surface area contributed by atoms with Gasteiger partial charge in [-0.1, -0.05) is 6.07 Å². The number of nitrogens with zero attached hydrogens (tertiary/aromatic N) is 3. The summed E-state index contributed by atoms with van der Waals surface area (Å²) in [5, 5.41) is 11.2. The molecule has 0 fully saturated rings. The maximum Gasteiger partial charge on any atom is 0.191 e. The molecule has 1 aromatic heterocycles. The molecule has 0 aliphatic carbocycles. The minimum atomic E-state index is -0.358. The molecular formula is C21H33FIN5O. The van der Waals surface area contributed by atoms with Gasteiger partial charge < -0.3 is 15.4 Å². The molecule has 2 rings (SSSR count). The smallest absolute Gasteiger partial charge is 0.191 e. The van der Waals surface area contributed by atoms with Crippen molar-refractivity contribution in [2.24, 2.45) is 12.0 Å². The first kappa shape index (κ1) is 25.2. The van der Waals surface area contributed by atoms with Crippen molar-refractivity contribution in [1.82, 2.24) is 20.4 Å². The van der Waals surface area contributed by atoms with Crippen molar-refractivity contribution in [1.29, 1.82) is 0 Å². The molecule has 0 bridgehead atoms. The van der Waals surface area contributed by atoms with E-state index in [2.05, 4.69) is 34.6 Å². The van der Waals surface area contributed by atoms with Gasteiger partial charge >= 0.3 is 0 Å². The second kappa shape index (κ2) is 12.0. The van der Waals surface area contributed by atoms with Crippen LogP contribution in [0.4, 0.5) is 4.39 Å². The van der Waals surface area contributed by atoms with E-state index in [0.29, 0.717) is 19.1 Å². The third-order valence-corrected chi connectivity index (χ3v) is 4.61. The Morgan fingerprint density at radius 3 is 2.59 bits per heavy atom. The Morgan fingerprint density at radius 2 is 2.03 bits per heavy atom. The summed E-state index contributed by atoms with van der Waals surface area (Å²) in [6.07, 6.45) is 0.855. The monoisotopic (exact) mass is 517 g/mol. The van der Waals surface area contributed by atoms with Gasteiger partial charge in [0, 0.05) is 25.3 Å². The first-order chi connectivity index (χ1) is 13.3. The van der Waals surface area contributed by atoms with Gasteiger partial charge in [0.15, 0.2) is 17.5 Å². The molecule has 1 aromatic carbocycles. The highest BCUT2D eigenvalue weighted by atomic mass is 127. The lowest BCUT2D eigenvalue weighted by Crippen LogP contribution is -2.43. The van der Waals surface area contributed by atoms with E-state index in [0.717, 1.165) is 24.2 Å². The fourth-order valence-corrected chi connectivity index (χ4v) is 3.11. The second-order valence-corrected chi connectivity index (χ2v) is 6.92. The average molecular weight is 517 g/mol. The van der Waals surface area contributed by atoms with Crippen LogP contribution in [0, 0.1) is 19.7 Å². The number of guanidine groups is 1. The van der Waals surface area contributed by atoms with Crippen LogP contribution in [0.1, 0.15) is 43.3 Å². The third kappa shape index (κ3) is 7.17. The van der Waals surface area contributed by atoms with E-state index >= 15 is 0 Å². The molecule has 0 aliphatic rings. The largest absolute Gasteiger partial charge is 0.491 e. The Labute approximate surface area is 190 Å². The van der Waals surface area contributed by atoms with Crippen LogP contribution in [0.15, 0.2) is 23.2 Å². The molecule has 1 atom stereocenters. The van der Waals surface area contributed by atoms with Crippen LogP contribution < -0.4 is 15.4 Å². The lowest BCUT2D eigenvalue weighted by atomic mass is 10.1. The SMILES string of the molecule is CCNC(=NCc1ccc(OCC)c(F)c1)NC(C)Cc1c(C)nn(C)c1C.I. The minimum Gasteiger partial charge on any atom is -0.491 e. The van der Waals surface area contributed by atoms with Crippen LogP contribution in [-0.2, 0) is 20.0 Å². The number of ether oxygens (including phenoxy) is 1. The van der Waals surface area contributed by atoms with Crippen LogP contribution in [0.25, 0.3) is 0 Å². The van der Waals surface area contributed by atoms with Gasteiger partial charge in [-0.15, -0.1) is 24.0 Å². The van der Waals surface area contributed by atoms with Gasteiger partial charge in [-0.25, -0.2) is 9.38 Å². The van der Waals surface area contributed by atoms with E-state index in [-0.39, 0.29) is 41.6 Å². The van der Waals surface area contributed by atoms with E-state index in [1.807, 2.05) is 38.6 Å². The number of aliphatic imine (C=N–C) groups is 1. The Kier molecular flexibility index (Phi) is 10.4. The predicted molar refractivity (Wildman–Crippen MR) is 127 cm³/mol. The van der Waals surface area contributed by atoms with Crippen molar-refractivity contribution in [3.05, 3.63) is 46.5 Å². The van der Waals surface area contributed by atoms with Crippen LogP contribution >= 0.6 is 24.0 Å². The Balaban J connectivity index is 0.00000420. The highest BCUT2D eigenvalue weighted by molar-refractivity contribution is 14.0. The molecule has 0 spiro atoms. The molecule has 1 heterocycles. The zero-order valence-corrected chi connectivity index (χ0v) is 20.5. The van der Waals surface area contributed by atoms with Crippen molar-refractivity contribution >= 4 is 29.9 Å². The highest BCUT2D eigenvalue weighted by Gasteiger charge is 2.14. The van der Waals surface area contributed by atoms with Crippen LogP contribution in [-0.4, -0.2) is 34.9 Å². The van der Waals surface area contributed by atoms with E-state index in [1.54, 1.807) is 6.07 Å². The summed E-state index contributed by atoms with van der Waals surface area (Å²) in [7, 11) is 1.96. The number of aromatic nitrogens is 2. The summed E-state index contributed by atoms with van der Waals surface area (Å²) in [5.41, 5.74) is 4.29. The van der Waals surface area contributed by atoms with Crippen LogP contribution in [0.3, 0.4) is 0 Å². The molecule has 0 saturated carbocycles. The molecule has 6 nitrogen and oxygen atoms in total.